The van der Waals surface area contributed by atoms with Gasteiger partial charge in [0.1, 0.15) is 18.2 Å². The van der Waals surface area contributed by atoms with Crippen LogP contribution in [0.25, 0.3) is 5.69 Å². The Morgan fingerprint density at radius 2 is 1.61 bits per heavy atom. The summed E-state index contributed by atoms with van der Waals surface area (Å²) in [6, 6.07) is 18.3. The number of para-hydroxylation sites is 1. The Labute approximate surface area is 181 Å². The Bertz CT molecular complexity index is 1210. The van der Waals surface area contributed by atoms with Crippen LogP contribution in [0, 0.1) is 11.6 Å². The first-order valence-corrected chi connectivity index (χ1v) is 9.66. The van der Waals surface area contributed by atoms with E-state index in [4.69, 9.17) is 16.3 Å². The summed E-state index contributed by atoms with van der Waals surface area (Å²) in [5.41, 5.74) is 1.71. The number of amides is 1. The molecule has 4 aromatic rings. The third-order valence-corrected chi connectivity index (χ3v) is 4.75. The van der Waals surface area contributed by atoms with Gasteiger partial charge < -0.3 is 10.1 Å². The van der Waals surface area contributed by atoms with Crippen LogP contribution in [-0.2, 0) is 6.61 Å². The van der Waals surface area contributed by atoms with Gasteiger partial charge in [-0.3, -0.25) is 4.79 Å². The molecule has 0 fully saturated rings. The standard InChI is InChI=1S/C23H16ClF2N3O2/c24-19-3-1-2-4-20(19)27-23(30)22-21(31-14-15-5-7-16(25)8-6-15)13-29(28-22)18-11-9-17(26)10-12-18/h1-13H,14H2,(H,27,30). The van der Waals surface area contributed by atoms with Gasteiger partial charge in [0.2, 0.25) is 0 Å². The Hall–Kier alpha value is -3.71. The largest absolute Gasteiger partial charge is 0.485 e. The maximum atomic E-state index is 13.3. The SMILES string of the molecule is O=C(Nc1ccccc1Cl)c1nn(-c2ccc(F)cc2)cc1OCc1ccc(F)cc1. The van der Waals surface area contributed by atoms with Crippen molar-refractivity contribution in [2.75, 3.05) is 5.32 Å². The fraction of sp³-hybridized carbons (Fsp3) is 0.0435. The van der Waals surface area contributed by atoms with Crippen LogP contribution in [-0.4, -0.2) is 15.7 Å². The molecule has 8 heteroatoms. The van der Waals surface area contributed by atoms with Gasteiger partial charge in [-0.15, -0.1) is 0 Å². The van der Waals surface area contributed by atoms with Gasteiger partial charge in [-0.05, 0) is 54.1 Å². The van der Waals surface area contributed by atoms with Crippen LogP contribution < -0.4 is 10.1 Å². The Kier molecular flexibility index (Phi) is 5.95. The lowest BCUT2D eigenvalue weighted by Gasteiger charge is -2.08. The van der Waals surface area contributed by atoms with E-state index in [1.54, 1.807) is 36.4 Å². The Morgan fingerprint density at radius 3 is 2.29 bits per heavy atom. The lowest BCUT2D eigenvalue weighted by atomic mass is 10.2. The summed E-state index contributed by atoms with van der Waals surface area (Å²) >= 11 is 6.13. The quantitative estimate of drug-likeness (QED) is 0.423. The first-order valence-electron chi connectivity index (χ1n) is 9.28. The average molecular weight is 440 g/mol. The van der Waals surface area contributed by atoms with Crippen molar-refractivity contribution in [1.82, 2.24) is 9.78 Å². The first-order chi connectivity index (χ1) is 15.0. The number of hydrogen-bond donors (Lipinski definition) is 1. The van der Waals surface area contributed by atoms with Crippen molar-refractivity contribution in [3.05, 3.63) is 107 Å². The van der Waals surface area contributed by atoms with Crippen LogP contribution in [0.3, 0.4) is 0 Å². The van der Waals surface area contributed by atoms with Gasteiger partial charge in [-0.25, -0.2) is 13.5 Å². The van der Waals surface area contributed by atoms with E-state index >= 15 is 0 Å². The molecule has 0 spiro atoms. The van der Waals surface area contributed by atoms with Crippen molar-refractivity contribution in [2.24, 2.45) is 0 Å². The second-order valence-electron chi connectivity index (χ2n) is 6.61. The number of hydrogen-bond acceptors (Lipinski definition) is 3. The zero-order valence-electron chi connectivity index (χ0n) is 16.1. The number of ether oxygens (including phenoxy) is 1. The Morgan fingerprint density at radius 1 is 0.968 bits per heavy atom. The lowest BCUT2D eigenvalue weighted by Crippen LogP contribution is -2.14. The van der Waals surface area contributed by atoms with E-state index in [0.29, 0.717) is 22.0 Å². The number of nitrogens with zero attached hydrogens (tertiary/aromatic N) is 2. The third kappa shape index (κ3) is 4.90. The summed E-state index contributed by atoms with van der Waals surface area (Å²) in [6.07, 6.45) is 1.53. The molecule has 156 valence electrons. The molecule has 0 atom stereocenters. The summed E-state index contributed by atoms with van der Waals surface area (Å²) in [5, 5.41) is 7.40. The molecule has 3 aromatic carbocycles. The molecule has 1 N–H and O–H groups in total. The molecule has 5 nitrogen and oxygen atoms in total. The molecule has 0 radical (unpaired) electrons. The lowest BCUT2D eigenvalue weighted by molar-refractivity contribution is 0.101. The van der Waals surface area contributed by atoms with Gasteiger partial charge >= 0.3 is 0 Å². The van der Waals surface area contributed by atoms with Gasteiger partial charge in [0.25, 0.3) is 5.91 Å². The number of nitrogens with one attached hydrogen (secondary N) is 1. The molecule has 0 unspecified atom stereocenters. The van der Waals surface area contributed by atoms with Crippen molar-refractivity contribution in [3.8, 4) is 11.4 Å². The van der Waals surface area contributed by atoms with Crippen molar-refractivity contribution >= 4 is 23.2 Å². The fourth-order valence-electron chi connectivity index (χ4n) is 2.83. The minimum Gasteiger partial charge on any atom is -0.485 e. The van der Waals surface area contributed by atoms with Crippen LogP contribution in [0.1, 0.15) is 16.1 Å². The minimum absolute atomic E-state index is 0.0198. The van der Waals surface area contributed by atoms with Crippen LogP contribution in [0.5, 0.6) is 5.75 Å². The van der Waals surface area contributed by atoms with Gasteiger partial charge in [-0.1, -0.05) is 35.9 Å². The van der Waals surface area contributed by atoms with E-state index in [0.717, 1.165) is 0 Å². The minimum atomic E-state index is -0.525. The number of halogens is 3. The second kappa shape index (κ2) is 8.97. The number of carbonyl (C=O) groups is 1. The number of aromatic nitrogens is 2. The number of rotatable bonds is 6. The molecule has 0 aliphatic rings. The van der Waals surface area contributed by atoms with Gasteiger partial charge in [0, 0.05) is 0 Å². The molecule has 0 aliphatic carbocycles. The number of benzene rings is 3. The monoisotopic (exact) mass is 439 g/mol. The highest BCUT2D eigenvalue weighted by molar-refractivity contribution is 6.33. The molecule has 1 heterocycles. The summed E-state index contributed by atoms with van der Waals surface area (Å²) in [6.45, 7) is 0.0990. The molecule has 31 heavy (non-hydrogen) atoms. The molecule has 1 aromatic heterocycles. The highest BCUT2D eigenvalue weighted by Crippen LogP contribution is 2.25. The summed E-state index contributed by atoms with van der Waals surface area (Å²) in [7, 11) is 0. The van der Waals surface area contributed by atoms with Crippen LogP contribution in [0.15, 0.2) is 79.0 Å². The Balaban J connectivity index is 1.63. The van der Waals surface area contributed by atoms with E-state index in [-0.39, 0.29) is 29.7 Å². The molecule has 1 amide bonds. The van der Waals surface area contributed by atoms with Gasteiger partial charge in [0.05, 0.1) is 22.6 Å². The second-order valence-corrected chi connectivity index (χ2v) is 7.02. The predicted molar refractivity (Wildman–Crippen MR) is 114 cm³/mol. The van der Waals surface area contributed by atoms with Crippen LogP contribution in [0.2, 0.25) is 5.02 Å². The summed E-state index contributed by atoms with van der Waals surface area (Å²) < 4.78 is 33.6. The van der Waals surface area contributed by atoms with E-state index in [1.807, 2.05) is 0 Å². The topological polar surface area (TPSA) is 56.2 Å². The van der Waals surface area contributed by atoms with Crippen LogP contribution in [0.4, 0.5) is 14.5 Å². The zero-order valence-corrected chi connectivity index (χ0v) is 16.8. The van der Waals surface area contributed by atoms with Crippen molar-refractivity contribution in [2.45, 2.75) is 6.61 Å². The fourth-order valence-corrected chi connectivity index (χ4v) is 3.02. The molecule has 4 rings (SSSR count). The summed E-state index contributed by atoms with van der Waals surface area (Å²) in [4.78, 5) is 12.9. The van der Waals surface area contributed by atoms with Gasteiger partial charge in [0.15, 0.2) is 11.4 Å². The van der Waals surface area contributed by atoms with Gasteiger partial charge in [-0.2, -0.15) is 5.10 Å². The molecule has 0 saturated heterocycles. The van der Waals surface area contributed by atoms with E-state index in [9.17, 15) is 13.6 Å². The van der Waals surface area contributed by atoms with E-state index in [2.05, 4.69) is 10.4 Å². The number of anilines is 1. The molecule has 0 saturated carbocycles. The van der Waals surface area contributed by atoms with E-state index in [1.165, 1.54) is 47.3 Å². The molecular weight excluding hydrogens is 424 g/mol. The maximum absolute atomic E-state index is 13.3. The molecule has 0 aliphatic heterocycles. The normalized spacial score (nSPS) is 10.7. The van der Waals surface area contributed by atoms with Crippen molar-refractivity contribution in [1.29, 1.82) is 0 Å². The molecule has 0 bridgehead atoms. The van der Waals surface area contributed by atoms with E-state index < -0.39 is 5.91 Å². The third-order valence-electron chi connectivity index (χ3n) is 4.42. The maximum Gasteiger partial charge on any atom is 0.280 e. The smallest absolute Gasteiger partial charge is 0.280 e. The first kappa shape index (κ1) is 20.6. The predicted octanol–water partition coefficient (Wildman–Crippen LogP) is 5.64. The van der Waals surface area contributed by atoms with Crippen molar-refractivity contribution in [3.63, 3.8) is 0 Å². The zero-order chi connectivity index (χ0) is 21.8. The highest BCUT2D eigenvalue weighted by Gasteiger charge is 2.20. The number of carbonyl (C=O) groups excluding carboxylic acids is 1. The average Bonchev–Trinajstić information content (AvgIpc) is 3.20. The highest BCUT2D eigenvalue weighted by atomic mass is 35.5. The molecular formula is C23H16ClF2N3O2. The summed E-state index contributed by atoms with van der Waals surface area (Å²) in [5.74, 6) is -1.06. The van der Waals surface area contributed by atoms with Crippen LogP contribution >= 0.6 is 11.6 Å². The van der Waals surface area contributed by atoms with Crippen molar-refractivity contribution < 1.29 is 18.3 Å².